The molecule has 0 aliphatic rings. The summed E-state index contributed by atoms with van der Waals surface area (Å²) in [6, 6.07) is 22.8. The molecule has 0 aliphatic heterocycles. The molecule has 3 rings (SSSR count). The van der Waals surface area contributed by atoms with Crippen molar-refractivity contribution in [2.75, 3.05) is 0 Å². The van der Waals surface area contributed by atoms with Gasteiger partial charge in [-0.05, 0) is 48.0 Å². The van der Waals surface area contributed by atoms with Crippen molar-refractivity contribution in [2.24, 2.45) is 0 Å². The van der Waals surface area contributed by atoms with Crippen molar-refractivity contribution < 1.29 is 9.13 Å². The van der Waals surface area contributed by atoms with Gasteiger partial charge in [0.2, 0.25) is 0 Å². The molecule has 0 heterocycles. The van der Waals surface area contributed by atoms with Gasteiger partial charge in [-0.15, -0.1) is 0 Å². The average Bonchev–Trinajstić information content (AvgIpc) is 2.72. The summed E-state index contributed by atoms with van der Waals surface area (Å²) in [7, 11) is 0. The maximum Gasteiger partial charge on any atom is 0.127 e. The molecular weight excluding hydrogens is 419 g/mol. The first-order valence-electron chi connectivity index (χ1n) is 8.39. The molecule has 3 aromatic rings. The first-order valence-corrected chi connectivity index (χ1v) is 9.18. The SMILES string of the molecule is N#C/C(=C/c1cc(Br)ccc1OCc1ccccc1C#N)c1ccc(F)cc1. The van der Waals surface area contributed by atoms with Crippen molar-refractivity contribution in [1.29, 1.82) is 10.5 Å². The van der Waals surface area contributed by atoms with Gasteiger partial charge in [0.05, 0.1) is 23.3 Å². The minimum Gasteiger partial charge on any atom is -0.488 e. The first kappa shape index (κ1) is 19.4. The van der Waals surface area contributed by atoms with Gasteiger partial charge < -0.3 is 4.74 Å². The van der Waals surface area contributed by atoms with Crippen LogP contribution in [0.25, 0.3) is 11.6 Å². The fraction of sp³-hybridized carbons (Fsp3) is 0.0435. The summed E-state index contributed by atoms with van der Waals surface area (Å²) in [5, 5.41) is 18.8. The lowest BCUT2D eigenvalue weighted by Gasteiger charge is -2.11. The quantitative estimate of drug-likeness (QED) is 0.361. The Morgan fingerprint density at radius 2 is 1.79 bits per heavy atom. The Hall–Kier alpha value is -3.41. The smallest absolute Gasteiger partial charge is 0.127 e. The topological polar surface area (TPSA) is 56.8 Å². The number of benzene rings is 3. The second-order valence-corrected chi connectivity index (χ2v) is 6.83. The number of nitrogens with zero attached hydrogens (tertiary/aromatic N) is 2. The number of ether oxygens (including phenoxy) is 1. The lowest BCUT2D eigenvalue weighted by Crippen LogP contribution is -1.99. The molecule has 0 aliphatic carbocycles. The third-order valence-electron chi connectivity index (χ3n) is 4.07. The Morgan fingerprint density at radius 1 is 1.04 bits per heavy atom. The Morgan fingerprint density at radius 3 is 2.50 bits per heavy atom. The monoisotopic (exact) mass is 432 g/mol. The van der Waals surface area contributed by atoms with Gasteiger partial charge in [-0.3, -0.25) is 0 Å². The zero-order valence-electron chi connectivity index (χ0n) is 14.7. The lowest BCUT2D eigenvalue weighted by molar-refractivity contribution is 0.305. The van der Waals surface area contributed by atoms with Gasteiger partial charge in [0.15, 0.2) is 0 Å². The van der Waals surface area contributed by atoms with Crippen molar-refractivity contribution in [1.82, 2.24) is 0 Å². The number of hydrogen-bond acceptors (Lipinski definition) is 3. The number of nitriles is 2. The molecule has 5 heteroatoms. The third-order valence-corrected chi connectivity index (χ3v) is 4.56. The molecule has 0 saturated carbocycles. The highest BCUT2D eigenvalue weighted by atomic mass is 79.9. The molecule has 3 nitrogen and oxygen atoms in total. The van der Waals surface area contributed by atoms with Crippen LogP contribution in [0.1, 0.15) is 22.3 Å². The van der Waals surface area contributed by atoms with Gasteiger partial charge in [-0.25, -0.2) is 4.39 Å². The van der Waals surface area contributed by atoms with Crippen LogP contribution < -0.4 is 4.74 Å². The number of hydrogen-bond donors (Lipinski definition) is 0. The van der Waals surface area contributed by atoms with Gasteiger partial charge in [0, 0.05) is 15.6 Å². The minimum atomic E-state index is -0.358. The third kappa shape index (κ3) is 4.65. The van der Waals surface area contributed by atoms with Gasteiger partial charge in [-0.2, -0.15) is 10.5 Å². The molecule has 0 bridgehead atoms. The van der Waals surface area contributed by atoms with Crippen molar-refractivity contribution >= 4 is 27.6 Å². The van der Waals surface area contributed by atoms with Gasteiger partial charge in [0.25, 0.3) is 0 Å². The first-order chi connectivity index (χ1) is 13.6. The van der Waals surface area contributed by atoms with E-state index in [0.29, 0.717) is 28.0 Å². The van der Waals surface area contributed by atoms with Crippen LogP contribution in [0.4, 0.5) is 4.39 Å². The summed E-state index contributed by atoms with van der Waals surface area (Å²) in [4.78, 5) is 0. The zero-order chi connectivity index (χ0) is 19.9. The fourth-order valence-corrected chi connectivity index (χ4v) is 3.02. The Balaban J connectivity index is 1.93. The second-order valence-electron chi connectivity index (χ2n) is 5.92. The fourth-order valence-electron chi connectivity index (χ4n) is 2.64. The molecule has 0 amide bonds. The molecule has 0 N–H and O–H groups in total. The summed E-state index contributed by atoms with van der Waals surface area (Å²) in [6.07, 6.45) is 1.70. The van der Waals surface area contributed by atoms with E-state index in [4.69, 9.17) is 4.74 Å². The molecule has 0 atom stereocenters. The van der Waals surface area contributed by atoms with Crippen LogP contribution in [0.2, 0.25) is 0 Å². The number of allylic oxidation sites excluding steroid dienone is 1. The largest absolute Gasteiger partial charge is 0.488 e. The Bertz CT molecular complexity index is 1110. The Kier molecular flexibility index (Phi) is 6.22. The standard InChI is InChI=1S/C23H14BrFN2O/c24-21-7-10-23(28-15-18-4-2-1-3-17(18)13-26)19(12-21)11-20(14-27)16-5-8-22(25)9-6-16/h1-12H,15H2/b20-11-. The van der Waals surface area contributed by atoms with Crippen molar-refractivity contribution in [2.45, 2.75) is 6.61 Å². The highest BCUT2D eigenvalue weighted by molar-refractivity contribution is 9.10. The van der Waals surface area contributed by atoms with Crippen LogP contribution in [0.15, 0.2) is 71.2 Å². The van der Waals surface area contributed by atoms with Crippen LogP contribution >= 0.6 is 15.9 Å². The molecule has 0 unspecified atom stereocenters. The van der Waals surface area contributed by atoms with Crippen LogP contribution in [0, 0.1) is 28.5 Å². The summed E-state index contributed by atoms with van der Waals surface area (Å²) < 4.78 is 19.9. The Labute approximate surface area is 171 Å². The molecule has 0 saturated heterocycles. The van der Waals surface area contributed by atoms with Crippen molar-refractivity contribution in [3.05, 3.63) is 99.3 Å². The van der Waals surface area contributed by atoms with E-state index in [-0.39, 0.29) is 12.4 Å². The van der Waals surface area contributed by atoms with Gasteiger partial charge in [-0.1, -0.05) is 46.3 Å². The van der Waals surface area contributed by atoms with E-state index < -0.39 is 0 Å². The molecule has 0 radical (unpaired) electrons. The van der Waals surface area contributed by atoms with Crippen molar-refractivity contribution in [3.63, 3.8) is 0 Å². The molecular formula is C23H14BrFN2O. The highest BCUT2D eigenvalue weighted by Crippen LogP contribution is 2.29. The molecule has 0 fully saturated rings. The second kappa shape index (κ2) is 8.99. The average molecular weight is 433 g/mol. The van der Waals surface area contributed by atoms with E-state index in [1.165, 1.54) is 12.1 Å². The molecule has 0 spiro atoms. The van der Waals surface area contributed by atoms with E-state index in [1.54, 1.807) is 36.4 Å². The zero-order valence-corrected chi connectivity index (χ0v) is 16.3. The summed E-state index contributed by atoms with van der Waals surface area (Å²) in [6.45, 7) is 0.227. The molecule has 136 valence electrons. The van der Waals surface area contributed by atoms with E-state index in [2.05, 4.69) is 28.1 Å². The van der Waals surface area contributed by atoms with Gasteiger partial charge in [0.1, 0.15) is 18.2 Å². The number of rotatable bonds is 5. The number of halogens is 2. The van der Waals surface area contributed by atoms with Crippen LogP contribution in [0.5, 0.6) is 5.75 Å². The summed E-state index contributed by atoms with van der Waals surface area (Å²) in [5.74, 6) is 0.217. The predicted octanol–water partition coefficient (Wildman–Crippen LogP) is 6.10. The lowest BCUT2D eigenvalue weighted by atomic mass is 10.0. The summed E-state index contributed by atoms with van der Waals surface area (Å²) in [5.41, 5.74) is 3.04. The van der Waals surface area contributed by atoms with Crippen LogP contribution in [-0.4, -0.2) is 0 Å². The predicted molar refractivity (Wildman–Crippen MR) is 110 cm³/mol. The van der Waals surface area contributed by atoms with Crippen LogP contribution in [0.3, 0.4) is 0 Å². The summed E-state index contributed by atoms with van der Waals surface area (Å²) >= 11 is 3.43. The molecule has 28 heavy (non-hydrogen) atoms. The molecule has 3 aromatic carbocycles. The van der Waals surface area contributed by atoms with Crippen molar-refractivity contribution in [3.8, 4) is 17.9 Å². The van der Waals surface area contributed by atoms with E-state index in [1.807, 2.05) is 24.3 Å². The van der Waals surface area contributed by atoms with E-state index in [0.717, 1.165) is 10.0 Å². The van der Waals surface area contributed by atoms with E-state index in [9.17, 15) is 14.9 Å². The van der Waals surface area contributed by atoms with Crippen LogP contribution in [-0.2, 0) is 6.61 Å². The minimum absolute atomic E-state index is 0.227. The van der Waals surface area contributed by atoms with E-state index >= 15 is 0 Å². The highest BCUT2D eigenvalue weighted by Gasteiger charge is 2.08. The maximum absolute atomic E-state index is 13.2. The normalized spacial score (nSPS) is 10.8. The van der Waals surface area contributed by atoms with Gasteiger partial charge >= 0.3 is 0 Å². The molecule has 0 aromatic heterocycles. The maximum atomic E-state index is 13.2.